The minimum absolute atomic E-state index is 0.0378. The number of hydrazone groups is 1. The van der Waals surface area contributed by atoms with E-state index in [1.165, 1.54) is 0 Å². The lowest BCUT2D eigenvalue weighted by Crippen LogP contribution is -2.39. The molecule has 0 radical (unpaired) electrons. The Hall–Kier alpha value is -2.86. The molecule has 1 aliphatic rings. The topological polar surface area (TPSA) is 71.0 Å². The van der Waals surface area contributed by atoms with Gasteiger partial charge in [-0.25, -0.2) is 5.43 Å². The molecule has 152 valence electrons. The van der Waals surface area contributed by atoms with Crippen LogP contribution in [0.1, 0.15) is 36.8 Å². The zero-order valence-corrected chi connectivity index (χ0v) is 16.9. The molecule has 1 aliphatic heterocycles. The predicted octanol–water partition coefficient (Wildman–Crippen LogP) is 3.77. The second-order valence-electron chi connectivity index (χ2n) is 6.90. The lowest BCUT2D eigenvalue weighted by Gasteiger charge is -2.18. The molecule has 0 unspecified atom stereocenters. The van der Waals surface area contributed by atoms with E-state index in [-0.39, 0.29) is 18.4 Å². The molecule has 6 nitrogen and oxygen atoms in total. The zero-order chi connectivity index (χ0) is 20.5. The van der Waals surface area contributed by atoms with Gasteiger partial charge in [-0.2, -0.15) is 5.10 Å². The first-order valence-electron chi connectivity index (χ1n) is 9.67. The average Bonchev–Trinajstić information content (AvgIpc) is 2.93. The van der Waals surface area contributed by atoms with Crippen molar-refractivity contribution in [3.63, 3.8) is 0 Å². The monoisotopic (exact) mass is 413 g/mol. The molecule has 1 N–H and O–H groups in total. The second-order valence-corrected chi connectivity index (χ2v) is 7.34. The molecule has 0 aliphatic carbocycles. The van der Waals surface area contributed by atoms with Gasteiger partial charge in [0.15, 0.2) is 0 Å². The number of benzene rings is 2. The smallest absolute Gasteiger partial charge is 0.259 e. The molecule has 2 aromatic rings. The normalized spacial score (nSPS) is 14.7. The van der Waals surface area contributed by atoms with Gasteiger partial charge in [-0.3, -0.25) is 9.59 Å². The van der Waals surface area contributed by atoms with Crippen LogP contribution in [-0.2, 0) is 16.2 Å². The summed E-state index contributed by atoms with van der Waals surface area (Å²) in [6.07, 6.45) is 4.94. The summed E-state index contributed by atoms with van der Waals surface area (Å²) in [4.78, 5) is 25.5. The quantitative estimate of drug-likeness (QED) is 0.554. The van der Waals surface area contributed by atoms with E-state index in [4.69, 9.17) is 16.3 Å². The first-order valence-corrected chi connectivity index (χ1v) is 10.0. The van der Waals surface area contributed by atoms with Crippen LogP contribution in [-0.4, -0.2) is 36.0 Å². The molecule has 1 heterocycles. The van der Waals surface area contributed by atoms with E-state index < -0.39 is 0 Å². The molecule has 0 atom stereocenters. The van der Waals surface area contributed by atoms with Gasteiger partial charge in [-0.15, -0.1) is 0 Å². The maximum absolute atomic E-state index is 12.0. The molecule has 3 rings (SSSR count). The van der Waals surface area contributed by atoms with Crippen LogP contribution in [0.15, 0.2) is 53.6 Å². The summed E-state index contributed by atoms with van der Waals surface area (Å²) in [7, 11) is 0. The first kappa shape index (κ1) is 20.9. The summed E-state index contributed by atoms with van der Waals surface area (Å²) in [5.74, 6) is 0.482. The summed E-state index contributed by atoms with van der Waals surface area (Å²) >= 11 is 5.87. The van der Waals surface area contributed by atoms with Gasteiger partial charge >= 0.3 is 0 Å². The third-order valence-electron chi connectivity index (χ3n) is 4.61. The van der Waals surface area contributed by atoms with Crippen molar-refractivity contribution in [1.82, 2.24) is 10.3 Å². The fourth-order valence-electron chi connectivity index (χ4n) is 2.99. The molecule has 1 fully saturated rings. The maximum atomic E-state index is 12.0. The zero-order valence-electron chi connectivity index (χ0n) is 16.1. The minimum Gasteiger partial charge on any atom is -0.489 e. The molecule has 0 aromatic heterocycles. The van der Waals surface area contributed by atoms with Crippen molar-refractivity contribution in [3.05, 3.63) is 64.7 Å². The standard InChI is InChI=1S/C22H24ClN3O3/c23-19-9-5-18(6-10-19)16-29-20-11-7-17(8-12-20)14-24-25-21(27)15-26-13-3-1-2-4-22(26)28/h5-12,14H,1-4,13,15-16H2,(H,25,27)/b24-14-. The van der Waals surface area contributed by atoms with Gasteiger partial charge in [0.25, 0.3) is 5.91 Å². The third-order valence-corrected chi connectivity index (χ3v) is 4.86. The van der Waals surface area contributed by atoms with Gasteiger partial charge in [-0.05, 0) is 60.4 Å². The number of rotatable bonds is 7. The Morgan fingerprint density at radius 1 is 1.10 bits per heavy atom. The number of amides is 2. The van der Waals surface area contributed by atoms with Crippen LogP contribution in [0.25, 0.3) is 0 Å². The number of likely N-dealkylation sites (tertiary alicyclic amines) is 1. The Morgan fingerprint density at radius 3 is 2.62 bits per heavy atom. The van der Waals surface area contributed by atoms with E-state index in [1.807, 2.05) is 48.5 Å². The summed E-state index contributed by atoms with van der Waals surface area (Å²) < 4.78 is 5.74. The van der Waals surface area contributed by atoms with Crippen molar-refractivity contribution in [3.8, 4) is 5.75 Å². The average molecular weight is 414 g/mol. The first-order chi connectivity index (χ1) is 14.1. The lowest BCUT2D eigenvalue weighted by molar-refractivity contribution is -0.135. The molecule has 2 aromatic carbocycles. The van der Waals surface area contributed by atoms with Crippen LogP contribution in [0, 0.1) is 0 Å². The number of ether oxygens (including phenoxy) is 1. The van der Waals surface area contributed by atoms with Crippen LogP contribution in [0.3, 0.4) is 0 Å². The van der Waals surface area contributed by atoms with E-state index in [1.54, 1.807) is 11.1 Å². The number of nitrogens with zero attached hydrogens (tertiary/aromatic N) is 2. The molecule has 0 saturated carbocycles. The van der Waals surface area contributed by atoms with Gasteiger partial charge in [0.05, 0.1) is 6.21 Å². The highest BCUT2D eigenvalue weighted by molar-refractivity contribution is 6.30. The van der Waals surface area contributed by atoms with Crippen molar-refractivity contribution in [2.24, 2.45) is 5.10 Å². The van der Waals surface area contributed by atoms with E-state index in [9.17, 15) is 9.59 Å². The Balaban J connectivity index is 1.43. The Morgan fingerprint density at radius 2 is 1.86 bits per heavy atom. The molecule has 2 amide bonds. The molecule has 29 heavy (non-hydrogen) atoms. The van der Waals surface area contributed by atoms with Crippen molar-refractivity contribution >= 4 is 29.6 Å². The molecule has 0 bridgehead atoms. The minimum atomic E-state index is -0.292. The van der Waals surface area contributed by atoms with E-state index in [2.05, 4.69) is 10.5 Å². The van der Waals surface area contributed by atoms with Crippen molar-refractivity contribution in [1.29, 1.82) is 0 Å². The van der Waals surface area contributed by atoms with Crippen LogP contribution in [0.2, 0.25) is 5.02 Å². The van der Waals surface area contributed by atoms with Crippen LogP contribution in [0.5, 0.6) is 5.75 Å². The van der Waals surface area contributed by atoms with Crippen LogP contribution >= 0.6 is 11.6 Å². The molecular weight excluding hydrogens is 390 g/mol. The van der Waals surface area contributed by atoms with Crippen molar-refractivity contribution in [2.75, 3.05) is 13.1 Å². The van der Waals surface area contributed by atoms with Gasteiger partial charge in [0, 0.05) is 18.0 Å². The van der Waals surface area contributed by atoms with E-state index >= 15 is 0 Å². The summed E-state index contributed by atoms with van der Waals surface area (Å²) in [6, 6.07) is 14.9. The van der Waals surface area contributed by atoms with Crippen molar-refractivity contribution < 1.29 is 14.3 Å². The lowest BCUT2D eigenvalue weighted by atomic mass is 10.2. The maximum Gasteiger partial charge on any atom is 0.259 e. The fourth-order valence-corrected chi connectivity index (χ4v) is 3.12. The van der Waals surface area contributed by atoms with Gasteiger partial charge in [0.1, 0.15) is 18.9 Å². The van der Waals surface area contributed by atoms with Crippen LogP contribution < -0.4 is 10.2 Å². The number of hydrogen-bond donors (Lipinski definition) is 1. The van der Waals surface area contributed by atoms with Gasteiger partial charge in [-0.1, -0.05) is 30.2 Å². The van der Waals surface area contributed by atoms with Gasteiger partial charge in [0.2, 0.25) is 5.91 Å². The number of carbonyl (C=O) groups is 2. The van der Waals surface area contributed by atoms with Gasteiger partial charge < -0.3 is 9.64 Å². The molecule has 0 spiro atoms. The number of nitrogens with one attached hydrogen (secondary N) is 1. The number of hydrogen-bond acceptors (Lipinski definition) is 4. The molecular formula is C22H24ClN3O3. The summed E-state index contributed by atoms with van der Waals surface area (Å²) in [5.41, 5.74) is 4.34. The van der Waals surface area contributed by atoms with Crippen LogP contribution in [0.4, 0.5) is 0 Å². The number of carbonyl (C=O) groups excluding carboxylic acids is 2. The highest BCUT2D eigenvalue weighted by Gasteiger charge is 2.18. The number of halogens is 1. The Labute approximate surface area is 175 Å². The second kappa shape index (κ2) is 10.6. The highest BCUT2D eigenvalue weighted by Crippen LogP contribution is 2.15. The van der Waals surface area contributed by atoms with E-state index in [0.717, 1.165) is 36.1 Å². The molecule has 1 saturated heterocycles. The summed E-state index contributed by atoms with van der Waals surface area (Å²) in [6.45, 7) is 1.14. The highest BCUT2D eigenvalue weighted by atomic mass is 35.5. The SMILES string of the molecule is O=C(CN1CCCCCC1=O)N/N=C\c1ccc(OCc2ccc(Cl)cc2)cc1. The van der Waals surface area contributed by atoms with Crippen molar-refractivity contribution in [2.45, 2.75) is 32.3 Å². The Kier molecular flexibility index (Phi) is 7.64. The third kappa shape index (κ3) is 6.91. The van der Waals surface area contributed by atoms with E-state index in [0.29, 0.717) is 24.6 Å². The summed E-state index contributed by atoms with van der Waals surface area (Å²) in [5, 5.41) is 4.67. The molecule has 7 heteroatoms. The predicted molar refractivity (Wildman–Crippen MR) is 113 cm³/mol. The largest absolute Gasteiger partial charge is 0.489 e. The fraction of sp³-hybridized carbons (Fsp3) is 0.318. The Bertz CT molecular complexity index is 851.